The summed E-state index contributed by atoms with van der Waals surface area (Å²) in [7, 11) is 0. The van der Waals surface area contributed by atoms with Crippen LogP contribution < -0.4 is 5.63 Å². The first kappa shape index (κ1) is 16.8. The Morgan fingerprint density at radius 1 is 1.23 bits per heavy atom. The maximum Gasteiger partial charge on any atom is 0.345 e. The molecule has 4 rings (SSSR count). The first-order valence-electron chi connectivity index (χ1n) is 9.04. The predicted octanol–water partition coefficient (Wildman–Crippen LogP) is 3.79. The summed E-state index contributed by atoms with van der Waals surface area (Å²) >= 11 is 0. The minimum atomic E-state index is -0.435. The van der Waals surface area contributed by atoms with Crippen LogP contribution >= 0.6 is 0 Å². The Bertz CT molecular complexity index is 974. The lowest BCUT2D eigenvalue weighted by molar-refractivity contribution is 0.183. The lowest BCUT2D eigenvalue weighted by Crippen LogP contribution is -2.32. The van der Waals surface area contributed by atoms with Gasteiger partial charge in [-0.2, -0.15) is 0 Å². The fourth-order valence-corrected chi connectivity index (χ4v) is 3.53. The summed E-state index contributed by atoms with van der Waals surface area (Å²) < 4.78 is 5.64. The fraction of sp³-hybridized carbons (Fsp3) is 0.333. The van der Waals surface area contributed by atoms with Gasteiger partial charge in [0, 0.05) is 18.1 Å². The number of nitrogens with zero attached hydrogens (tertiary/aromatic N) is 2. The Hall–Kier alpha value is -2.66. The molecule has 1 aliphatic rings. The van der Waals surface area contributed by atoms with Gasteiger partial charge in [-0.3, -0.25) is 9.88 Å². The van der Waals surface area contributed by atoms with Gasteiger partial charge in [0.25, 0.3) is 0 Å². The molecule has 3 heterocycles. The third-order valence-corrected chi connectivity index (χ3v) is 5.18. The van der Waals surface area contributed by atoms with Crippen LogP contribution in [0, 0.1) is 5.92 Å². The molecule has 5 nitrogen and oxygen atoms in total. The van der Waals surface area contributed by atoms with Crippen molar-refractivity contribution in [1.29, 1.82) is 0 Å². The topological polar surface area (TPSA) is 66.6 Å². The van der Waals surface area contributed by atoms with Crippen molar-refractivity contribution in [2.24, 2.45) is 5.92 Å². The molecule has 1 saturated heterocycles. The molecule has 26 heavy (non-hydrogen) atoms. The summed E-state index contributed by atoms with van der Waals surface area (Å²) in [6.07, 6.45) is 3.96. The van der Waals surface area contributed by atoms with Crippen LogP contribution in [0.15, 0.2) is 51.8 Å². The predicted molar refractivity (Wildman–Crippen MR) is 101 cm³/mol. The Balaban J connectivity index is 1.75. The van der Waals surface area contributed by atoms with Crippen molar-refractivity contribution in [2.45, 2.75) is 26.3 Å². The molecule has 1 N–H and O–H groups in total. The van der Waals surface area contributed by atoms with Gasteiger partial charge in [-0.15, -0.1) is 0 Å². The lowest BCUT2D eigenvalue weighted by atomic mass is 9.98. The van der Waals surface area contributed by atoms with Crippen molar-refractivity contribution in [3.63, 3.8) is 0 Å². The highest BCUT2D eigenvalue weighted by Gasteiger charge is 2.20. The number of phenolic OH excluding ortho intramolecular Hbond substituents is 1. The maximum atomic E-state index is 12.5. The second kappa shape index (κ2) is 6.92. The average Bonchev–Trinajstić information content (AvgIpc) is 2.66. The molecule has 0 bridgehead atoms. The normalized spacial score (nSPS) is 16.2. The van der Waals surface area contributed by atoms with E-state index in [1.807, 2.05) is 12.1 Å². The molecule has 3 aromatic rings. The van der Waals surface area contributed by atoms with Crippen molar-refractivity contribution >= 4 is 11.0 Å². The van der Waals surface area contributed by atoms with Crippen LogP contribution in [0.3, 0.4) is 0 Å². The van der Waals surface area contributed by atoms with E-state index < -0.39 is 5.63 Å². The Morgan fingerprint density at radius 2 is 2.04 bits per heavy atom. The summed E-state index contributed by atoms with van der Waals surface area (Å²) in [4.78, 5) is 19.1. The van der Waals surface area contributed by atoms with Gasteiger partial charge in [-0.05, 0) is 62.2 Å². The van der Waals surface area contributed by atoms with Gasteiger partial charge in [-0.1, -0.05) is 13.0 Å². The number of rotatable bonds is 3. The Morgan fingerprint density at radius 3 is 2.77 bits per heavy atom. The summed E-state index contributed by atoms with van der Waals surface area (Å²) in [6, 6.07) is 10.7. The number of aromatic hydroxyl groups is 1. The number of aromatic nitrogens is 1. The van der Waals surface area contributed by atoms with Gasteiger partial charge in [0.2, 0.25) is 0 Å². The van der Waals surface area contributed by atoms with Crippen LogP contribution in [0.1, 0.15) is 25.3 Å². The maximum absolute atomic E-state index is 12.5. The second-order valence-corrected chi connectivity index (χ2v) is 7.10. The number of fused-ring (bicyclic) bond motifs is 1. The molecule has 1 aromatic carbocycles. The highest BCUT2D eigenvalue weighted by molar-refractivity contribution is 5.85. The lowest BCUT2D eigenvalue weighted by Gasteiger charge is -2.30. The molecule has 0 unspecified atom stereocenters. The molecule has 134 valence electrons. The third-order valence-electron chi connectivity index (χ3n) is 5.18. The molecule has 0 aliphatic carbocycles. The fourth-order valence-electron chi connectivity index (χ4n) is 3.53. The van der Waals surface area contributed by atoms with Gasteiger partial charge in [0.05, 0.1) is 16.8 Å². The SMILES string of the molecule is CC1CCN(Cc2c(O)ccc3cc(-c4ccccn4)c(=O)oc23)CC1. The first-order chi connectivity index (χ1) is 12.6. The quantitative estimate of drug-likeness (QED) is 0.728. The van der Waals surface area contributed by atoms with Gasteiger partial charge in [-0.25, -0.2) is 4.79 Å². The van der Waals surface area contributed by atoms with Crippen LogP contribution in [0.25, 0.3) is 22.2 Å². The number of benzene rings is 1. The van der Waals surface area contributed by atoms with Crippen LogP contribution in [0.4, 0.5) is 0 Å². The number of piperidine rings is 1. The van der Waals surface area contributed by atoms with E-state index in [0.29, 0.717) is 28.9 Å². The molecule has 1 fully saturated rings. The summed E-state index contributed by atoms with van der Waals surface area (Å²) in [5.41, 5.74) is 1.73. The second-order valence-electron chi connectivity index (χ2n) is 7.10. The number of hydrogen-bond donors (Lipinski definition) is 1. The van der Waals surface area contributed by atoms with E-state index in [1.54, 1.807) is 30.5 Å². The highest BCUT2D eigenvalue weighted by atomic mass is 16.4. The largest absolute Gasteiger partial charge is 0.507 e. The van der Waals surface area contributed by atoms with E-state index in [4.69, 9.17) is 4.42 Å². The van der Waals surface area contributed by atoms with Gasteiger partial charge < -0.3 is 9.52 Å². The highest BCUT2D eigenvalue weighted by Crippen LogP contribution is 2.30. The number of pyridine rings is 1. The molecular weight excluding hydrogens is 328 g/mol. The average molecular weight is 350 g/mol. The van der Waals surface area contributed by atoms with Crippen LogP contribution in [-0.4, -0.2) is 28.1 Å². The number of phenols is 1. The van der Waals surface area contributed by atoms with Crippen LogP contribution in [0.2, 0.25) is 0 Å². The van der Waals surface area contributed by atoms with E-state index in [1.165, 1.54) is 0 Å². The van der Waals surface area contributed by atoms with Crippen molar-refractivity contribution in [1.82, 2.24) is 9.88 Å². The molecule has 2 aromatic heterocycles. The van der Waals surface area contributed by atoms with E-state index >= 15 is 0 Å². The molecular formula is C21H22N2O3. The standard InChI is InChI=1S/C21H22N2O3/c1-14-7-10-23(11-8-14)13-17-19(24)6-5-15-12-16(21(25)26-20(15)17)18-4-2-3-9-22-18/h2-6,9,12,14,24H,7-8,10-11,13H2,1H3. The van der Waals surface area contributed by atoms with Crippen LogP contribution in [0.5, 0.6) is 5.75 Å². The molecule has 0 saturated carbocycles. The van der Waals surface area contributed by atoms with Gasteiger partial charge in [0.1, 0.15) is 11.3 Å². The molecule has 0 radical (unpaired) electrons. The molecule has 0 spiro atoms. The van der Waals surface area contributed by atoms with Crippen molar-refractivity contribution in [2.75, 3.05) is 13.1 Å². The minimum Gasteiger partial charge on any atom is -0.507 e. The van der Waals surface area contributed by atoms with Crippen LogP contribution in [-0.2, 0) is 6.54 Å². The first-order valence-corrected chi connectivity index (χ1v) is 9.04. The zero-order chi connectivity index (χ0) is 18.1. The zero-order valence-corrected chi connectivity index (χ0v) is 14.8. The third kappa shape index (κ3) is 3.22. The minimum absolute atomic E-state index is 0.171. The zero-order valence-electron chi connectivity index (χ0n) is 14.8. The van der Waals surface area contributed by atoms with E-state index in [0.717, 1.165) is 37.2 Å². The monoisotopic (exact) mass is 350 g/mol. The Labute approximate surface area is 151 Å². The number of likely N-dealkylation sites (tertiary alicyclic amines) is 1. The van der Waals surface area contributed by atoms with Crippen molar-refractivity contribution in [3.8, 4) is 17.0 Å². The van der Waals surface area contributed by atoms with Crippen molar-refractivity contribution < 1.29 is 9.52 Å². The summed E-state index contributed by atoms with van der Waals surface area (Å²) in [6.45, 7) is 4.84. The summed E-state index contributed by atoms with van der Waals surface area (Å²) in [5, 5.41) is 11.2. The number of hydrogen-bond acceptors (Lipinski definition) is 5. The van der Waals surface area contributed by atoms with Gasteiger partial charge >= 0.3 is 5.63 Å². The Kier molecular flexibility index (Phi) is 4.47. The summed E-state index contributed by atoms with van der Waals surface area (Å²) in [5.74, 6) is 0.913. The smallest absolute Gasteiger partial charge is 0.345 e. The van der Waals surface area contributed by atoms with Crippen molar-refractivity contribution in [3.05, 3.63) is 58.6 Å². The van der Waals surface area contributed by atoms with E-state index in [2.05, 4.69) is 16.8 Å². The molecule has 0 amide bonds. The molecule has 0 atom stereocenters. The molecule has 1 aliphatic heterocycles. The molecule has 5 heteroatoms. The van der Waals surface area contributed by atoms with E-state index in [-0.39, 0.29) is 5.75 Å². The van der Waals surface area contributed by atoms with Gasteiger partial charge in [0.15, 0.2) is 0 Å². The van der Waals surface area contributed by atoms with E-state index in [9.17, 15) is 9.90 Å².